The Balaban J connectivity index is 0.829. The number of likely N-dealkylation sites (tertiary alicyclic amines) is 1. The number of aryl methyl sites for hydroxylation is 2. The van der Waals surface area contributed by atoms with Crippen molar-refractivity contribution in [3.8, 4) is 27.6 Å². The monoisotopic (exact) mass is 1040 g/mol. The smallest absolute Gasteiger partial charge is 0.273 e. The highest BCUT2D eigenvalue weighted by molar-refractivity contribution is 7.13. The third kappa shape index (κ3) is 14.1. The molecule has 21 nitrogen and oxygen atoms in total. The Morgan fingerprint density at radius 3 is 2.31 bits per heavy atom. The normalized spacial score (nSPS) is 15.1. The molecule has 396 valence electrons. The molecule has 5 amide bonds. The minimum Gasteiger partial charge on any atom is -0.494 e. The number of thiazole rings is 1. The van der Waals surface area contributed by atoms with Gasteiger partial charge < -0.3 is 46.6 Å². The van der Waals surface area contributed by atoms with Crippen LogP contribution in [0.1, 0.15) is 111 Å². The number of methoxy groups -OCH3 is 1. The molecule has 2 aromatic carbocycles. The molecule has 0 spiro atoms. The summed E-state index contributed by atoms with van der Waals surface area (Å²) in [5.74, 6) is -0.167. The van der Waals surface area contributed by atoms with Crippen LogP contribution in [0.3, 0.4) is 0 Å². The van der Waals surface area contributed by atoms with Crippen LogP contribution in [0.25, 0.3) is 21.8 Å². The van der Waals surface area contributed by atoms with Gasteiger partial charge in [-0.3, -0.25) is 28.7 Å². The van der Waals surface area contributed by atoms with E-state index in [9.17, 15) is 29.1 Å². The average Bonchev–Trinajstić information content (AvgIpc) is 4.15. The Morgan fingerprint density at radius 2 is 1.64 bits per heavy atom. The van der Waals surface area contributed by atoms with E-state index in [0.29, 0.717) is 52.9 Å². The summed E-state index contributed by atoms with van der Waals surface area (Å²) in [6, 6.07) is 16.1. The third-order valence-electron chi connectivity index (χ3n) is 12.8. The number of β-amino-alcohol motifs (C(OH)–C–C–N with tert-alkyl or cyclic N) is 1. The highest BCUT2D eigenvalue weighted by atomic mass is 32.1. The number of hydrogen-bond donors (Lipinski definition) is 7. The van der Waals surface area contributed by atoms with Crippen molar-refractivity contribution in [3.63, 3.8) is 0 Å². The van der Waals surface area contributed by atoms with E-state index in [1.807, 2.05) is 76.5 Å². The first kappa shape index (κ1) is 54.9. The van der Waals surface area contributed by atoms with Crippen molar-refractivity contribution in [1.29, 1.82) is 0 Å². The van der Waals surface area contributed by atoms with Gasteiger partial charge in [-0.1, -0.05) is 70.4 Å². The zero-order chi connectivity index (χ0) is 53.8. The number of aliphatic hydroxyl groups excluding tert-OH is 1. The second kappa shape index (κ2) is 24.9. The minimum atomic E-state index is -0.909. The van der Waals surface area contributed by atoms with Crippen LogP contribution in [0.2, 0.25) is 0 Å². The van der Waals surface area contributed by atoms with E-state index in [0.717, 1.165) is 47.4 Å². The van der Waals surface area contributed by atoms with Crippen LogP contribution in [-0.2, 0) is 21.4 Å². The number of aromatic nitrogens is 7. The summed E-state index contributed by atoms with van der Waals surface area (Å²) in [4.78, 5) is 82.4. The molecule has 4 aromatic heterocycles. The zero-order valence-electron chi connectivity index (χ0n) is 43.6. The van der Waals surface area contributed by atoms with Gasteiger partial charge in [0, 0.05) is 52.3 Å². The predicted octanol–water partition coefficient (Wildman–Crippen LogP) is 6.39. The van der Waals surface area contributed by atoms with Gasteiger partial charge in [-0.2, -0.15) is 5.10 Å². The topological polar surface area (TPSA) is 272 Å². The van der Waals surface area contributed by atoms with Gasteiger partial charge in [0.2, 0.25) is 17.7 Å². The number of carbonyl (C=O) groups is 5. The van der Waals surface area contributed by atoms with Crippen molar-refractivity contribution >= 4 is 63.9 Å². The number of para-hydroxylation sites is 1. The maximum atomic E-state index is 14.1. The zero-order valence-corrected chi connectivity index (χ0v) is 44.4. The molecule has 1 aliphatic rings. The summed E-state index contributed by atoms with van der Waals surface area (Å²) < 4.78 is 7.32. The summed E-state index contributed by atoms with van der Waals surface area (Å²) >= 11 is 1.57. The second-order valence-corrected chi connectivity index (χ2v) is 20.4. The fourth-order valence-electron chi connectivity index (χ4n) is 8.70. The molecule has 7 rings (SSSR count). The highest BCUT2D eigenvalue weighted by Gasteiger charge is 2.44. The van der Waals surface area contributed by atoms with E-state index in [-0.39, 0.29) is 54.7 Å². The number of nitrogens with one attached hydrogen (secondary N) is 6. The number of anilines is 4. The lowest BCUT2D eigenvalue weighted by molar-refractivity contribution is -0.144. The molecule has 7 N–H and O–H groups in total. The van der Waals surface area contributed by atoms with Gasteiger partial charge in [-0.05, 0) is 67.5 Å². The van der Waals surface area contributed by atoms with Crippen LogP contribution in [0.15, 0.2) is 78.7 Å². The third-order valence-corrected chi connectivity index (χ3v) is 13.8. The Labute approximate surface area is 440 Å². The molecule has 1 fully saturated rings. The highest BCUT2D eigenvalue weighted by Crippen LogP contribution is 2.37. The number of nitrogens with zero attached hydrogens (tertiary/aromatic N) is 8. The van der Waals surface area contributed by atoms with Crippen molar-refractivity contribution in [1.82, 2.24) is 61.1 Å². The number of hydrogen-bond acceptors (Lipinski definition) is 16. The van der Waals surface area contributed by atoms with E-state index < -0.39 is 35.4 Å². The minimum absolute atomic E-state index is 0.00630. The van der Waals surface area contributed by atoms with Gasteiger partial charge in [-0.25, -0.2) is 15.0 Å². The quantitative estimate of drug-likeness (QED) is 0.0363. The molecule has 0 radical (unpaired) electrons. The second-order valence-electron chi connectivity index (χ2n) is 19.5. The fourth-order valence-corrected chi connectivity index (χ4v) is 9.51. The molecule has 0 bridgehead atoms. The number of amides is 5. The first-order valence-corrected chi connectivity index (χ1v) is 25.8. The summed E-state index contributed by atoms with van der Waals surface area (Å²) in [5.41, 5.74) is 5.97. The lowest BCUT2D eigenvalue weighted by Gasteiger charge is -2.35. The van der Waals surface area contributed by atoms with Gasteiger partial charge in [0.25, 0.3) is 11.8 Å². The van der Waals surface area contributed by atoms with Gasteiger partial charge in [0.05, 0.1) is 57.8 Å². The summed E-state index contributed by atoms with van der Waals surface area (Å²) in [7, 11) is 4.80. The Bertz CT molecular complexity index is 2960. The van der Waals surface area contributed by atoms with Crippen molar-refractivity contribution in [3.05, 3.63) is 101 Å². The van der Waals surface area contributed by atoms with Gasteiger partial charge in [0.15, 0.2) is 23.1 Å². The number of pyridine rings is 1. The fraction of sp³-hybridized carbons (Fsp3) is 0.415. The van der Waals surface area contributed by atoms with E-state index in [4.69, 9.17) is 4.74 Å². The number of carbonyl (C=O) groups excluding carboxylic acids is 5. The van der Waals surface area contributed by atoms with Crippen molar-refractivity contribution < 1.29 is 33.8 Å². The molecule has 0 unspecified atom stereocenters. The Kier molecular flexibility index (Phi) is 18.2. The number of aliphatic hydroxyl groups is 1. The molecule has 75 heavy (non-hydrogen) atoms. The van der Waals surface area contributed by atoms with Crippen LogP contribution in [0.5, 0.6) is 5.75 Å². The van der Waals surface area contributed by atoms with Crippen molar-refractivity contribution in [2.75, 3.05) is 37.9 Å². The standard InChI is InChI=1S/C53H66N14O7S/c1-31(33-18-20-34(21-19-33)46-32(2)58-30-75-46)59-50(71)40-25-36(68)28-67(40)52(73)47(53(3,4)5)62-43(69)17-12-10-9-11-13-24-55-49(70)35-22-23-41(56-27-35)61-42-26-39(44(64-63-42)51(72)54-6)60-38-16-14-15-37(45(38)74-8)48-57-29-66(7)65-48/h14-16,18-23,26-27,29-31,36,40,47,68H,9-13,17,24-25,28H2,1-8H3,(H,54,72)(H,55,70)(H,59,71)(H,62,69)(H2,56,60,61,63)/t31-,36+,40-,47+/m0/s1. The molecular formula is C53H66N14O7S. The largest absolute Gasteiger partial charge is 0.494 e. The van der Waals surface area contributed by atoms with Crippen LogP contribution in [-0.4, -0.2) is 120 Å². The van der Waals surface area contributed by atoms with Crippen LogP contribution in [0.4, 0.5) is 23.0 Å². The first-order chi connectivity index (χ1) is 35.9. The summed E-state index contributed by atoms with van der Waals surface area (Å²) in [5, 5.41) is 41.2. The number of benzene rings is 2. The molecule has 6 aromatic rings. The summed E-state index contributed by atoms with van der Waals surface area (Å²) in [6.45, 7) is 9.89. The molecular weight excluding hydrogens is 977 g/mol. The molecule has 1 saturated heterocycles. The van der Waals surface area contributed by atoms with Gasteiger partial charge in [-0.15, -0.1) is 21.5 Å². The van der Waals surface area contributed by atoms with E-state index in [2.05, 4.69) is 62.1 Å². The molecule has 5 heterocycles. The Hall–Kier alpha value is -7.85. The SMILES string of the molecule is CNC(=O)c1nnc(Nc2ccc(C(=O)NCCCCCCCC(=O)N[C@H](C(=O)N3C[C@H](O)C[C@H]3C(=O)N[C@@H](C)c3ccc(-c4scnc4C)cc3)C(C)(C)C)cn2)cc1Nc1cccc(-c2ncn(C)n2)c1OC. The van der Waals surface area contributed by atoms with Crippen LogP contribution >= 0.6 is 11.3 Å². The van der Waals surface area contributed by atoms with Crippen molar-refractivity contribution in [2.24, 2.45) is 12.5 Å². The number of unbranched alkanes of at least 4 members (excludes halogenated alkanes) is 4. The van der Waals surface area contributed by atoms with E-state index in [1.165, 1.54) is 25.3 Å². The van der Waals surface area contributed by atoms with Crippen LogP contribution in [0, 0.1) is 12.3 Å². The maximum Gasteiger partial charge on any atom is 0.273 e. The molecule has 0 aliphatic carbocycles. The molecule has 1 aliphatic heterocycles. The van der Waals surface area contributed by atoms with E-state index in [1.54, 1.807) is 53.7 Å². The number of ether oxygens (including phenoxy) is 1. The van der Waals surface area contributed by atoms with Crippen molar-refractivity contribution in [2.45, 2.75) is 104 Å². The van der Waals surface area contributed by atoms with Crippen LogP contribution < -0.4 is 36.6 Å². The molecule has 4 atom stereocenters. The lowest BCUT2D eigenvalue weighted by atomic mass is 9.85. The molecule has 0 saturated carbocycles. The average molecular weight is 1040 g/mol. The van der Waals surface area contributed by atoms with Gasteiger partial charge >= 0.3 is 0 Å². The molecule has 22 heteroatoms. The Morgan fingerprint density at radius 1 is 0.880 bits per heavy atom. The van der Waals surface area contributed by atoms with E-state index >= 15 is 0 Å². The summed E-state index contributed by atoms with van der Waals surface area (Å²) in [6.07, 6.45) is 6.29. The predicted molar refractivity (Wildman–Crippen MR) is 286 cm³/mol. The maximum absolute atomic E-state index is 14.1. The number of rotatable bonds is 22. The first-order valence-electron chi connectivity index (χ1n) is 24.9. The lowest BCUT2D eigenvalue weighted by Crippen LogP contribution is -2.57. The van der Waals surface area contributed by atoms with Gasteiger partial charge in [0.1, 0.15) is 24.2 Å².